The van der Waals surface area contributed by atoms with Gasteiger partial charge in [0.15, 0.2) is 0 Å². The van der Waals surface area contributed by atoms with Crippen LogP contribution in [0.15, 0.2) is 4.52 Å². The van der Waals surface area contributed by atoms with Crippen LogP contribution in [0.5, 0.6) is 0 Å². The van der Waals surface area contributed by atoms with Crippen LogP contribution in [0.1, 0.15) is 26.2 Å². The molecule has 0 amide bonds. The molecule has 18 heavy (non-hydrogen) atoms. The quantitative estimate of drug-likeness (QED) is 0.276. The molecule has 1 rings (SSSR count). The third-order valence-electron chi connectivity index (χ3n) is 1.98. The Bertz CT molecular complexity index is 326. The van der Waals surface area contributed by atoms with Gasteiger partial charge in [-0.15, -0.1) is 4.48 Å². The Morgan fingerprint density at radius 3 is 2.56 bits per heavy atom. The van der Waals surface area contributed by atoms with Crippen molar-refractivity contribution in [3.05, 3.63) is 0 Å². The molecule has 0 aromatic heterocycles. The Morgan fingerprint density at radius 1 is 1.33 bits per heavy atom. The van der Waals surface area contributed by atoms with E-state index < -0.39 is 29.5 Å². The molecule has 0 aliphatic carbocycles. The van der Waals surface area contributed by atoms with Crippen molar-refractivity contribution < 1.29 is 26.4 Å². The standard InChI is InChI=1S/C6H14F4N3O2P3/c1-3-4-5-6-15-18(10)11-16(8)12(7)17(9)13(18)14-2/h3-6H2,1-2H3. The van der Waals surface area contributed by atoms with Crippen molar-refractivity contribution in [2.24, 2.45) is 4.52 Å². The van der Waals surface area contributed by atoms with E-state index in [1.165, 1.54) is 0 Å². The van der Waals surface area contributed by atoms with Gasteiger partial charge in [0, 0.05) is 0 Å². The fourth-order valence-electron chi connectivity index (χ4n) is 1.15. The molecule has 0 fully saturated rings. The van der Waals surface area contributed by atoms with Crippen LogP contribution in [-0.2, 0) is 9.36 Å². The zero-order valence-corrected chi connectivity index (χ0v) is 12.5. The molecule has 0 N–H and O–H groups in total. The third-order valence-corrected chi connectivity index (χ3v) is 7.53. The second kappa shape index (κ2) is 7.44. The lowest BCUT2D eigenvalue weighted by Gasteiger charge is -2.33. The van der Waals surface area contributed by atoms with Gasteiger partial charge in [-0.3, -0.25) is 4.84 Å². The molecule has 0 radical (unpaired) electrons. The summed E-state index contributed by atoms with van der Waals surface area (Å²) in [6, 6.07) is 0. The smallest absolute Gasteiger partial charge is 0.307 e. The molecule has 1 aliphatic heterocycles. The summed E-state index contributed by atoms with van der Waals surface area (Å²) >= 11 is 0. The summed E-state index contributed by atoms with van der Waals surface area (Å²) in [5, 5.41) is 0. The molecule has 1 heterocycles. The molecule has 0 aromatic rings. The van der Waals surface area contributed by atoms with Gasteiger partial charge in [0.25, 0.3) is 0 Å². The molecule has 108 valence electrons. The van der Waals surface area contributed by atoms with E-state index in [1.807, 2.05) is 6.92 Å². The lowest BCUT2D eigenvalue weighted by Crippen LogP contribution is -2.19. The molecule has 3 atom stereocenters. The fourth-order valence-corrected chi connectivity index (χ4v) is 6.18. The normalized spacial score (nSPS) is 34.6. The summed E-state index contributed by atoms with van der Waals surface area (Å²) in [6.07, 6.45) is 2.20. The maximum Gasteiger partial charge on any atom is 0.367 e. The molecule has 3 unspecified atom stereocenters. The number of hydrogen-bond acceptors (Lipinski definition) is 5. The van der Waals surface area contributed by atoms with Gasteiger partial charge >= 0.3 is 24.8 Å². The average Bonchev–Trinajstić information content (AvgIpc) is 2.33. The van der Waals surface area contributed by atoms with Crippen molar-refractivity contribution in [2.75, 3.05) is 13.7 Å². The Morgan fingerprint density at radius 2 is 2.00 bits per heavy atom. The number of halogens is 4. The fraction of sp³-hybridized carbons (Fsp3) is 1.00. The van der Waals surface area contributed by atoms with E-state index in [-0.39, 0.29) is 11.2 Å². The largest absolute Gasteiger partial charge is 0.367 e. The maximum absolute atomic E-state index is 14.2. The van der Waals surface area contributed by atoms with Crippen molar-refractivity contribution >= 4 is 24.8 Å². The molecule has 0 aromatic carbocycles. The molecule has 0 bridgehead atoms. The first-order valence-electron chi connectivity index (χ1n) is 5.15. The first-order chi connectivity index (χ1) is 8.46. The van der Waals surface area contributed by atoms with Gasteiger partial charge < -0.3 is 4.52 Å². The van der Waals surface area contributed by atoms with Crippen LogP contribution >= 0.6 is 24.8 Å². The van der Waals surface area contributed by atoms with Crippen LogP contribution < -0.4 is 0 Å². The molecular formula is C6H14F4N3O2P3. The Balaban J connectivity index is 2.77. The van der Waals surface area contributed by atoms with Crippen molar-refractivity contribution in [3.63, 3.8) is 0 Å². The summed E-state index contributed by atoms with van der Waals surface area (Å²) in [5.41, 5.74) is 0. The molecule has 5 nitrogen and oxygen atoms in total. The molecular weight excluding hydrogens is 315 g/mol. The second-order valence-electron chi connectivity index (χ2n) is 3.26. The van der Waals surface area contributed by atoms with Crippen LogP contribution in [-0.4, -0.2) is 23.0 Å². The Hall–Kier alpha value is 0.650. The molecule has 12 heteroatoms. The summed E-state index contributed by atoms with van der Waals surface area (Å²) in [4.78, 5) is 4.40. The van der Waals surface area contributed by atoms with E-state index in [2.05, 4.69) is 9.35 Å². The minimum atomic E-state index is -4.40. The van der Waals surface area contributed by atoms with E-state index in [0.29, 0.717) is 6.42 Å². The second-order valence-corrected chi connectivity index (χ2v) is 8.20. The van der Waals surface area contributed by atoms with Crippen LogP contribution in [0.25, 0.3) is 0 Å². The van der Waals surface area contributed by atoms with E-state index in [9.17, 15) is 17.1 Å². The Kier molecular flexibility index (Phi) is 6.90. The van der Waals surface area contributed by atoms with Crippen LogP contribution in [0.2, 0.25) is 0 Å². The molecule has 0 spiro atoms. The summed E-state index contributed by atoms with van der Waals surface area (Å²) in [6.45, 7) is 1.90. The maximum atomic E-state index is 14.2. The first-order valence-corrected chi connectivity index (χ1v) is 8.92. The predicted molar refractivity (Wildman–Crippen MR) is 63.8 cm³/mol. The van der Waals surface area contributed by atoms with E-state index >= 15 is 0 Å². The van der Waals surface area contributed by atoms with Crippen molar-refractivity contribution in [3.8, 4) is 0 Å². The van der Waals surface area contributed by atoms with Gasteiger partial charge in [-0.2, -0.15) is 17.1 Å². The number of nitrogens with zero attached hydrogens (tertiary/aromatic N) is 3. The lowest BCUT2D eigenvalue weighted by atomic mass is 10.3. The average molecular weight is 329 g/mol. The predicted octanol–water partition coefficient (Wildman–Crippen LogP) is 5.57. The highest BCUT2D eigenvalue weighted by molar-refractivity contribution is 7.77. The highest BCUT2D eigenvalue weighted by Crippen LogP contribution is 2.80. The lowest BCUT2D eigenvalue weighted by molar-refractivity contribution is -0.00000482. The highest BCUT2D eigenvalue weighted by Gasteiger charge is 2.51. The number of hydrogen-bond donors (Lipinski definition) is 0. The summed E-state index contributed by atoms with van der Waals surface area (Å²) in [5.74, 6) is 0. The van der Waals surface area contributed by atoms with E-state index in [0.717, 1.165) is 20.0 Å². The molecule has 0 saturated heterocycles. The number of rotatable bonds is 6. The zero-order chi connectivity index (χ0) is 13.8. The van der Waals surface area contributed by atoms with Gasteiger partial charge in [-0.1, -0.05) is 19.8 Å². The van der Waals surface area contributed by atoms with E-state index in [4.69, 9.17) is 4.52 Å². The minimum absolute atomic E-state index is 0.0416. The third kappa shape index (κ3) is 3.83. The molecule has 0 saturated carbocycles. The van der Waals surface area contributed by atoms with Gasteiger partial charge in [0.2, 0.25) is 0 Å². The van der Waals surface area contributed by atoms with Gasteiger partial charge in [-0.05, 0) is 15.7 Å². The van der Waals surface area contributed by atoms with Crippen LogP contribution in [0.4, 0.5) is 17.1 Å². The first kappa shape index (κ1) is 16.7. The minimum Gasteiger partial charge on any atom is -0.307 e. The van der Waals surface area contributed by atoms with Crippen LogP contribution in [0.3, 0.4) is 0 Å². The Labute approximate surface area is 106 Å². The van der Waals surface area contributed by atoms with Gasteiger partial charge in [-0.25, -0.2) is 0 Å². The van der Waals surface area contributed by atoms with Crippen LogP contribution in [0, 0.1) is 0 Å². The summed E-state index contributed by atoms with van der Waals surface area (Å²) in [7, 11) is -10.2. The zero-order valence-electron chi connectivity index (χ0n) is 9.84. The van der Waals surface area contributed by atoms with Crippen molar-refractivity contribution in [1.82, 2.24) is 9.27 Å². The number of unbranched alkanes of at least 4 members (excludes halogenated alkanes) is 2. The molecule has 1 aliphatic rings. The topological polar surface area (TPSA) is 37.3 Å². The van der Waals surface area contributed by atoms with Crippen molar-refractivity contribution in [2.45, 2.75) is 26.2 Å². The monoisotopic (exact) mass is 329 g/mol. The summed E-state index contributed by atoms with van der Waals surface area (Å²) < 4.78 is 60.6. The van der Waals surface area contributed by atoms with Gasteiger partial charge in [0.05, 0.1) is 13.7 Å². The SMILES string of the molecule is CCCCCOP1(F)=NP(F)N(F)P(F)N1OC. The van der Waals surface area contributed by atoms with Gasteiger partial charge in [0.1, 0.15) is 0 Å². The van der Waals surface area contributed by atoms with E-state index in [1.54, 1.807) is 0 Å². The highest BCUT2D eigenvalue weighted by atomic mass is 31.3. The van der Waals surface area contributed by atoms with Crippen molar-refractivity contribution in [1.29, 1.82) is 0 Å².